The van der Waals surface area contributed by atoms with Gasteiger partial charge in [-0.1, -0.05) is 19.8 Å². The third-order valence-corrected chi connectivity index (χ3v) is 4.46. The van der Waals surface area contributed by atoms with Gasteiger partial charge in [0.15, 0.2) is 11.6 Å². The van der Waals surface area contributed by atoms with E-state index in [0.717, 1.165) is 30.6 Å². The molecule has 0 aromatic heterocycles. The van der Waals surface area contributed by atoms with Crippen LogP contribution in [0.2, 0.25) is 0 Å². The maximum atomic E-state index is 11.2. The first-order chi connectivity index (χ1) is 13.6. The fraction of sp³-hybridized carbons (Fsp3) is 0.526. The number of aliphatic carboxylic acids is 3. The monoisotopic (exact) mass is 429 g/mol. The maximum Gasteiger partial charge on any atom is 0.321 e. The van der Waals surface area contributed by atoms with Crippen LogP contribution in [0.1, 0.15) is 32.6 Å². The van der Waals surface area contributed by atoms with Gasteiger partial charge in [-0.25, -0.2) is 0 Å². The Morgan fingerprint density at radius 3 is 2.07 bits per heavy atom. The van der Waals surface area contributed by atoms with E-state index in [2.05, 4.69) is 6.92 Å². The lowest BCUT2D eigenvalue weighted by Gasteiger charge is -2.24. The summed E-state index contributed by atoms with van der Waals surface area (Å²) in [6.07, 6.45) is 9.79. The van der Waals surface area contributed by atoms with Gasteiger partial charge in [0.25, 0.3) is 0 Å². The molecule has 0 aliphatic heterocycles. The fourth-order valence-electron chi connectivity index (χ4n) is 2.43. The summed E-state index contributed by atoms with van der Waals surface area (Å²) in [5, 5.41) is 26.0. The SMILES string of the molecule is CCCCCC1=CC(=O)C=CC1=O.CSCC(C(=O)O)N(CC(=O)O)CC(=O)O. The van der Waals surface area contributed by atoms with Crippen molar-refractivity contribution in [3.63, 3.8) is 0 Å². The lowest BCUT2D eigenvalue weighted by Crippen LogP contribution is -2.47. The molecule has 0 heterocycles. The second-order valence-corrected chi connectivity index (χ2v) is 7.14. The predicted octanol–water partition coefficient (Wildman–Crippen LogP) is 1.47. The van der Waals surface area contributed by atoms with Gasteiger partial charge in [-0.15, -0.1) is 0 Å². The number of carboxylic acid groups (broad SMARTS) is 3. The zero-order chi connectivity index (χ0) is 22.4. The molecule has 10 heteroatoms. The van der Waals surface area contributed by atoms with Crippen molar-refractivity contribution in [2.24, 2.45) is 0 Å². The van der Waals surface area contributed by atoms with Gasteiger partial charge in [0, 0.05) is 11.3 Å². The smallest absolute Gasteiger partial charge is 0.321 e. The third-order valence-electron chi connectivity index (χ3n) is 3.81. The molecule has 162 valence electrons. The summed E-state index contributed by atoms with van der Waals surface area (Å²) in [5.74, 6) is -3.67. The van der Waals surface area contributed by atoms with Gasteiger partial charge in [-0.05, 0) is 37.3 Å². The molecule has 0 radical (unpaired) electrons. The molecule has 0 fully saturated rings. The minimum absolute atomic E-state index is 0.00398. The second kappa shape index (κ2) is 14.5. The molecule has 1 atom stereocenters. The Balaban J connectivity index is 0.000000551. The maximum absolute atomic E-state index is 11.2. The van der Waals surface area contributed by atoms with E-state index < -0.39 is 37.0 Å². The Bertz CT molecular complexity index is 655. The van der Waals surface area contributed by atoms with Crippen molar-refractivity contribution in [3.8, 4) is 0 Å². The zero-order valence-corrected chi connectivity index (χ0v) is 17.3. The summed E-state index contributed by atoms with van der Waals surface area (Å²) in [4.78, 5) is 54.9. The van der Waals surface area contributed by atoms with E-state index >= 15 is 0 Å². The molecule has 0 spiro atoms. The number of carbonyl (C=O) groups excluding carboxylic acids is 2. The van der Waals surface area contributed by atoms with E-state index in [1.807, 2.05) is 0 Å². The van der Waals surface area contributed by atoms with E-state index in [1.165, 1.54) is 30.0 Å². The van der Waals surface area contributed by atoms with E-state index in [0.29, 0.717) is 5.57 Å². The summed E-state index contributed by atoms with van der Waals surface area (Å²) >= 11 is 1.21. The number of hydrogen-bond acceptors (Lipinski definition) is 7. The number of allylic oxidation sites excluding steroid dienone is 4. The summed E-state index contributed by atoms with van der Waals surface area (Å²) in [6, 6.07) is -1.11. The number of carbonyl (C=O) groups is 5. The van der Waals surface area contributed by atoms with Crippen molar-refractivity contribution in [1.82, 2.24) is 4.90 Å². The molecular formula is C19H27NO8S. The van der Waals surface area contributed by atoms with Crippen molar-refractivity contribution in [1.29, 1.82) is 0 Å². The van der Waals surface area contributed by atoms with E-state index in [9.17, 15) is 24.0 Å². The first-order valence-corrected chi connectivity index (χ1v) is 10.4. The average Bonchev–Trinajstić information content (AvgIpc) is 2.61. The Labute approximate surface area is 173 Å². The molecule has 1 aliphatic carbocycles. The minimum atomic E-state index is -1.26. The highest BCUT2D eigenvalue weighted by molar-refractivity contribution is 7.98. The Morgan fingerprint density at radius 1 is 1.03 bits per heavy atom. The molecule has 29 heavy (non-hydrogen) atoms. The van der Waals surface area contributed by atoms with E-state index in [-0.39, 0.29) is 17.3 Å². The zero-order valence-electron chi connectivity index (χ0n) is 16.5. The molecule has 1 aliphatic rings. The first-order valence-electron chi connectivity index (χ1n) is 8.98. The summed E-state index contributed by atoms with van der Waals surface area (Å²) in [6.45, 7) is 0.899. The van der Waals surface area contributed by atoms with Gasteiger partial charge in [0.1, 0.15) is 6.04 Å². The van der Waals surface area contributed by atoms with Gasteiger partial charge >= 0.3 is 17.9 Å². The van der Waals surface area contributed by atoms with E-state index in [1.54, 1.807) is 6.26 Å². The highest BCUT2D eigenvalue weighted by atomic mass is 32.2. The molecule has 0 amide bonds. The molecule has 0 saturated heterocycles. The van der Waals surface area contributed by atoms with Crippen LogP contribution in [-0.4, -0.2) is 80.8 Å². The van der Waals surface area contributed by atoms with Crippen LogP contribution in [0, 0.1) is 0 Å². The number of thioether (sulfide) groups is 1. The largest absolute Gasteiger partial charge is 0.480 e. The van der Waals surface area contributed by atoms with Crippen LogP contribution in [0.25, 0.3) is 0 Å². The van der Waals surface area contributed by atoms with Crippen molar-refractivity contribution >= 4 is 41.2 Å². The second-order valence-electron chi connectivity index (χ2n) is 6.23. The van der Waals surface area contributed by atoms with Crippen LogP contribution in [0.15, 0.2) is 23.8 Å². The standard InChI is InChI=1S/C11H14O2.C8H13NO6S/c1-2-3-4-5-9-8-10(12)6-7-11(9)13;1-16-4-5(8(14)15)9(2-6(10)11)3-7(12)13/h6-8H,2-5H2,1H3;5H,2-4H2,1H3,(H,10,11)(H,12,13)(H,14,15). The Morgan fingerprint density at radius 2 is 1.62 bits per heavy atom. The number of hydrogen-bond donors (Lipinski definition) is 3. The van der Waals surface area contributed by atoms with Crippen LogP contribution in [0.3, 0.4) is 0 Å². The van der Waals surface area contributed by atoms with Crippen LogP contribution in [-0.2, 0) is 24.0 Å². The van der Waals surface area contributed by atoms with Gasteiger partial charge in [-0.3, -0.25) is 28.9 Å². The summed E-state index contributed by atoms with van der Waals surface area (Å²) in [7, 11) is 0. The molecule has 3 N–H and O–H groups in total. The number of unbranched alkanes of at least 4 members (excludes halogenated alkanes) is 2. The topological polar surface area (TPSA) is 149 Å². The normalized spacial score (nSPS) is 14.1. The first kappa shape index (κ1) is 26.5. The van der Waals surface area contributed by atoms with Crippen LogP contribution >= 0.6 is 11.8 Å². The van der Waals surface area contributed by atoms with Gasteiger partial charge < -0.3 is 15.3 Å². The van der Waals surface area contributed by atoms with Gasteiger partial charge in [0.2, 0.25) is 0 Å². The molecule has 0 aromatic carbocycles. The van der Waals surface area contributed by atoms with Crippen molar-refractivity contribution < 1.29 is 39.3 Å². The minimum Gasteiger partial charge on any atom is -0.480 e. The molecule has 1 unspecified atom stereocenters. The third kappa shape index (κ3) is 11.9. The molecule has 1 rings (SSSR count). The molecule has 9 nitrogen and oxygen atoms in total. The Kier molecular flexibility index (Phi) is 13.3. The molecule has 0 saturated carbocycles. The lowest BCUT2D eigenvalue weighted by atomic mass is 9.98. The highest BCUT2D eigenvalue weighted by Crippen LogP contribution is 2.13. The molecule has 0 aromatic rings. The summed E-state index contributed by atoms with van der Waals surface area (Å²) < 4.78 is 0. The quantitative estimate of drug-likeness (QED) is 0.307. The van der Waals surface area contributed by atoms with Crippen molar-refractivity contribution in [2.45, 2.75) is 38.6 Å². The summed E-state index contributed by atoms with van der Waals surface area (Å²) in [5.41, 5.74) is 0.668. The molecule has 0 bridgehead atoms. The van der Waals surface area contributed by atoms with Crippen LogP contribution in [0.4, 0.5) is 0 Å². The predicted molar refractivity (Wildman–Crippen MR) is 108 cm³/mol. The van der Waals surface area contributed by atoms with E-state index in [4.69, 9.17) is 15.3 Å². The Hall–Kier alpha value is -2.46. The van der Waals surface area contributed by atoms with Crippen molar-refractivity contribution in [2.75, 3.05) is 25.1 Å². The lowest BCUT2D eigenvalue weighted by molar-refractivity contribution is -0.148. The number of ketones is 2. The highest BCUT2D eigenvalue weighted by Gasteiger charge is 2.28. The van der Waals surface area contributed by atoms with Gasteiger partial charge in [-0.2, -0.15) is 11.8 Å². The molecular weight excluding hydrogens is 402 g/mol. The fourth-order valence-corrected chi connectivity index (χ4v) is 3.10. The van der Waals surface area contributed by atoms with Gasteiger partial charge in [0.05, 0.1) is 13.1 Å². The number of carboxylic acids is 3. The van der Waals surface area contributed by atoms with Crippen LogP contribution in [0.5, 0.6) is 0 Å². The number of rotatable bonds is 12. The van der Waals surface area contributed by atoms with Crippen molar-refractivity contribution in [3.05, 3.63) is 23.8 Å². The number of nitrogens with zero attached hydrogens (tertiary/aromatic N) is 1. The average molecular weight is 429 g/mol. The van der Waals surface area contributed by atoms with Crippen LogP contribution < -0.4 is 0 Å².